The van der Waals surface area contributed by atoms with Crippen LogP contribution in [0.3, 0.4) is 0 Å². The monoisotopic (exact) mass is 264 g/mol. The van der Waals surface area contributed by atoms with E-state index < -0.39 is 0 Å². The summed E-state index contributed by atoms with van der Waals surface area (Å²) in [5.41, 5.74) is 2.29. The van der Waals surface area contributed by atoms with E-state index in [1.807, 2.05) is 33.0 Å². The molecule has 1 rings (SSSR count). The van der Waals surface area contributed by atoms with Crippen molar-refractivity contribution in [2.45, 2.75) is 20.3 Å². The number of nitrogens with one attached hydrogen (secondary N) is 2. The summed E-state index contributed by atoms with van der Waals surface area (Å²) in [7, 11) is 3.52. The van der Waals surface area contributed by atoms with Crippen LogP contribution < -0.4 is 15.4 Å². The number of aryl methyl sites for hydroxylation is 1. The van der Waals surface area contributed by atoms with E-state index in [0.717, 1.165) is 17.7 Å². The number of hydrogen-bond acceptors (Lipinski definition) is 3. The number of methoxy groups -OCH3 is 1. The van der Waals surface area contributed by atoms with Gasteiger partial charge in [0, 0.05) is 19.0 Å². The Kier molecular flexibility index (Phi) is 6.36. The number of amides is 1. The van der Waals surface area contributed by atoms with Crippen LogP contribution in [0.15, 0.2) is 18.2 Å². The lowest BCUT2D eigenvalue weighted by Crippen LogP contribution is -2.35. The first-order valence-electron chi connectivity index (χ1n) is 6.64. The lowest BCUT2D eigenvalue weighted by molar-refractivity contribution is -0.124. The Morgan fingerprint density at radius 2 is 2.16 bits per heavy atom. The number of hydrogen-bond donors (Lipinski definition) is 2. The second-order valence-corrected chi connectivity index (χ2v) is 4.80. The highest BCUT2D eigenvalue weighted by molar-refractivity contribution is 5.78. The molecule has 1 atom stereocenters. The highest BCUT2D eigenvalue weighted by Gasteiger charge is 2.10. The molecule has 4 heteroatoms. The molecule has 1 aromatic rings. The van der Waals surface area contributed by atoms with Gasteiger partial charge < -0.3 is 15.4 Å². The Bertz CT molecular complexity index is 419. The Hall–Kier alpha value is -1.55. The number of rotatable bonds is 7. The fourth-order valence-corrected chi connectivity index (χ4v) is 1.92. The minimum absolute atomic E-state index is 0.00226. The summed E-state index contributed by atoms with van der Waals surface area (Å²) < 4.78 is 5.29. The van der Waals surface area contributed by atoms with Crippen LogP contribution in [0.2, 0.25) is 0 Å². The summed E-state index contributed by atoms with van der Waals surface area (Å²) in [6, 6.07) is 6.14. The lowest BCUT2D eigenvalue weighted by Gasteiger charge is -2.12. The first kappa shape index (κ1) is 15.5. The van der Waals surface area contributed by atoms with Gasteiger partial charge in [-0.15, -0.1) is 0 Å². The highest BCUT2D eigenvalue weighted by Crippen LogP contribution is 2.18. The first-order valence-corrected chi connectivity index (χ1v) is 6.64. The summed E-state index contributed by atoms with van der Waals surface area (Å²) >= 11 is 0. The minimum Gasteiger partial charge on any atom is -0.496 e. The molecule has 1 unspecified atom stereocenters. The predicted octanol–water partition coefficient (Wildman–Crippen LogP) is 1.52. The lowest BCUT2D eigenvalue weighted by atomic mass is 10.1. The van der Waals surface area contributed by atoms with Crippen molar-refractivity contribution in [2.24, 2.45) is 5.92 Å². The molecular formula is C15H24N2O2. The molecule has 4 nitrogen and oxygen atoms in total. The van der Waals surface area contributed by atoms with Crippen molar-refractivity contribution in [2.75, 3.05) is 27.2 Å². The van der Waals surface area contributed by atoms with Crippen LogP contribution in [0, 0.1) is 12.8 Å². The van der Waals surface area contributed by atoms with E-state index in [9.17, 15) is 4.79 Å². The van der Waals surface area contributed by atoms with Crippen molar-refractivity contribution in [1.82, 2.24) is 10.6 Å². The molecule has 1 aromatic carbocycles. The third kappa shape index (κ3) is 4.91. The van der Waals surface area contributed by atoms with Gasteiger partial charge in [-0.3, -0.25) is 4.79 Å². The van der Waals surface area contributed by atoms with Gasteiger partial charge >= 0.3 is 0 Å². The zero-order chi connectivity index (χ0) is 14.3. The summed E-state index contributed by atoms with van der Waals surface area (Å²) in [5.74, 6) is 0.985. The molecule has 0 aliphatic carbocycles. The van der Waals surface area contributed by atoms with Crippen LogP contribution in [0.25, 0.3) is 0 Å². The molecule has 0 heterocycles. The van der Waals surface area contributed by atoms with Crippen molar-refractivity contribution in [3.8, 4) is 5.75 Å². The van der Waals surface area contributed by atoms with E-state index in [4.69, 9.17) is 4.74 Å². The van der Waals surface area contributed by atoms with Gasteiger partial charge in [-0.2, -0.15) is 0 Å². The van der Waals surface area contributed by atoms with Gasteiger partial charge in [0.25, 0.3) is 0 Å². The van der Waals surface area contributed by atoms with Gasteiger partial charge in [-0.05, 0) is 37.6 Å². The standard InChI is InChI=1S/C15H24N2O2/c1-11-5-6-13(9-14(11)19-4)7-8-17-15(18)12(2)10-16-3/h5-6,9,12,16H,7-8,10H2,1-4H3,(H,17,18). The quantitative estimate of drug-likeness (QED) is 0.785. The number of carbonyl (C=O) groups excluding carboxylic acids is 1. The smallest absolute Gasteiger partial charge is 0.224 e. The molecule has 0 aliphatic heterocycles. The molecular weight excluding hydrogens is 240 g/mol. The largest absolute Gasteiger partial charge is 0.496 e. The SMILES string of the molecule is CNCC(C)C(=O)NCCc1ccc(C)c(OC)c1. The maximum Gasteiger partial charge on any atom is 0.224 e. The maximum atomic E-state index is 11.7. The average molecular weight is 264 g/mol. The number of ether oxygens (including phenoxy) is 1. The molecule has 0 saturated carbocycles. The second kappa shape index (κ2) is 7.79. The van der Waals surface area contributed by atoms with E-state index >= 15 is 0 Å². The molecule has 0 bridgehead atoms. The zero-order valence-electron chi connectivity index (χ0n) is 12.2. The molecule has 0 saturated heterocycles. The summed E-state index contributed by atoms with van der Waals surface area (Å²) in [5, 5.41) is 5.95. The minimum atomic E-state index is -0.00226. The molecule has 0 spiro atoms. The maximum absolute atomic E-state index is 11.7. The highest BCUT2D eigenvalue weighted by atomic mass is 16.5. The predicted molar refractivity (Wildman–Crippen MR) is 77.5 cm³/mol. The van der Waals surface area contributed by atoms with Gasteiger partial charge in [0.15, 0.2) is 0 Å². The van der Waals surface area contributed by atoms with Gasteiger partial charge in [-0.25, -0.2) is 0 Å². The number of carbonyl (C=O) groups is 1. The first-order chi connectivity index (χ1) is 9.08. The molecule has 0 aromatic heterocycles. The molecule has 1 amide bonds. The summed E-state index contributed by atoms with van der Waals surface area (Å²) in [6.07, 6.45) is 0.814. The van der Waals surface area contributed by atoms with E-state index in [1.54, 1.807) is 7.11 Å². The Balaban J connectivity index is 2.43. The summed E-state index contributed by atoms with van der Waals surface area (Å²) in [6.45, 7) is 5.29. The van der Waals surface area contributed by atoms with E-state index in [1.165, 1.54) is 5.56 Å². The van der Waals surface area contributed by atoms with Gasteiger partial charge in [0.05, 0.1) is 7.11 Å². The van der Waals surface area contributed by atoms with Crippen LogP contribution in [-0.2, 0) is 11.2 Å². The van der Waals surface area contributed by atoms with Crippen molar-refractivity contribution < 1.29 is 9.53 Å². The molecule has 19 heavy (non-hydrogen) atoms. The Morgan fingerprint density at radius 1 is 1.42 bits per heavy atom. The summed E-state index contributed by atoms with van der Waals surface area (Å²) in [4.78, 5) is 11.7. The molecule has 0 aliphatic rings. The van der Waals surface area contributed by atoms with Crippen LogP contribution in [0.1, 0.15) is 18.1 Å². The van der Waals surface area contributed by atoms with Crippen LogP contribution in [-0.4, -0.2) is 33.2 Å². The molecule has 2 N–H and O–H groups in total. The van der Waals surface area contributed by atoms with Crippen molar-refractivity contribution in [1.29, 1.82) is 0 Å². The van der Waals surface area contributed by atoms with Crippen LogP contribution >= 0.6 is 0 Å². The molecule has 0 radical (unpaired) electrons. The van der Waals surface area contributed by atoms with Gasteiger partial charge in [0.1, 0.15) is 5.75 Å². The fourth-order valence-electron chi connectivity index (χ4n) is 1.92. The van der Waals surface area contributed by atoms with Crippen molar-refractivity contribution in [3.05, 3.63) is 29.3 Å². The van der Waals surface area contributed by atoms with Gasteiger partial charge in [-0.1, -0.05) is 19.1 Å². The Morgan fingerprint density at radius 3 is 2.79 bits per heavy atom. The van der Waals surface area contributed by atoms with Crippen LogP contribution in [0.5, 0.6) is 5.75 Å². The zero-order valence-corrected chi connectivity index (χ0v) is 12.2. The Labute approximate surface area is 115 Å². The van der Waals surface area contributed by atoms with Crippen LogP contribution in [0.4, 0.5) is 0 Å². The third-order valence-electron chi connectivity index (χ3n) is 3.14. The van der Waals surface area contributed by atoms with Gasteiger partial charge in [0.2, 0.25) is 5.91 Å². The topological polar surface area (TPSA) is 50.4 Å². The number of benzene rings is 1. The fraction of sp³-hybridized carbons (Fsp3) is 0.533. The average Bonchev–Trinajstić information content (AvgIpc) is 2.40. The normalized spacial score (nSPS) is 12.0. The van der Waals surface area contributed by atoms with E-state index in [-0.39, 0.29) is 11.8 Å². The van der Waals surface area contributed by atoms with Crippen molar-refractivity contribution in [3.63, 3.8) is 0 Å². The third-order valence-corrected chi connectivity index (χ3v) is 3.14. The van der Waals surface area contributed by atoms with E-state index in [2.05, 4.69) is 16.7 Å². The second-order valence-electron chi connectivity index (χ2n) is 4.80. The van der Waals surface area contributed by atoms with Crippen molar-refractivity contribution >= 4 is 5.91 Å². The molecule has 106 valence electrons. The van der Waals surface area contributed by atoms with E-state index in [0.29, 0.717) is 13.1 Å². The molecule has 0 fully saturated rings.